The molecular formula is C12H17ClO3. The Hall–Kier alpha value is -0.930. The van der Waals surface area contributed by atoms with Gasteiger partial charge in [0.15, 0.2) is 11.5 Å². The lowest BCUT2D eigenvalue weighted by Gasteiger charge is -2.24. The molecule has 0 aliphatic heterocycles. The highest BCUT2D eigenvalue weighted by Gasteiger charge is 2.27. The molecule has 0 unspecified atom stereocenters. The normalized spacial score (nSPS) is 11.4. The van der Waals surface area contributed by atoms with Crippen molar-refractivity contribution in [2.45, 2.75) is 26.4 Å². The van der Waals surface area contributed by atoms with E-state index in [-0.39, 0.29) is 0 Å². The van der Waals surface area contributed by atoms with Crippen molar-refractivity contribution in [2.24, 2.45) is 0 Å². The topological polar surface area (TPSA) is 38.7 Å². The molecule has 90 valence electrons. The molecule has 4 heteroatoms. The summed E-state index contributed by atoms with van der Waals surface area (Å²) >= 11 is 6.08. The van der Waals surface area contributed by atoms with Crippen LogP contribution in [-0.2, 0) is 5.60 Å². The van der Waals surface area contributed by atoms with E-state index in [0.717, 1.165) is 0 Å². The van der Waals surface area contributed by atoms with Gasteiger partial charge in [0.1, 0.15) is 0 Å². The zero-order chi connectivity index (χ0) is 12.3. The van der Waals surface area contributed by atoms with Crippen molar-refractivity contribution in [1.29, 1.82) is 0 Å². The Morgan fingerprint density at radius 3 is 2.44 bits per heavy atom. The summed E-state index contributed by atoms with van der Waals surface area (Å²) in [6.45, 7) is 5.68. The predicted molar refractivity (Wildman–Crippen MR) is 64.4 cm³/mol. The van der Waals surface area contributed by atoms with E-state index in [2.05, 4.69) is 0 Å². The van der Waals surface area contributed by atoms with Crippen molar-refractivity contribution in [3.63, 3.8) is 0 Å². The molecule has 0 aliphatic rings. The minimum Gasteiger partial charge on any atom is -0.493 e. The molecule has 0 heterocycles. The van der Waals surface area contributed by atoms with E-state index >= 15 is 0 Å². The highest BCUT2D eigenvalue weighted by molar-refractivity contribution is 6.31. The van der Waals surface area contributed by atoms with E-state index < -0.39 is 5.60 Å². The number of hydrogen-bond donors (Lipinski definition) is 1. The molecule has 0 spiro atoms. The average molecular weight is 245 g/mol. The fourth-order valence-electron chi connectivity index (χ4n) is 1.56. The van der Waals surface area contributed by atoms with E-state index in [1.54, 1.807) is 33.1 Å². The van der Waals surface area contributed by atoms with Crippen LogP contribution in [0.1, 0.15) is 26.3 Å². The third kappa shape index (κ3) is 2.60. The summed E-state index contributed by atoms with van der Waals surface area (Å²) in [5, 5.41) is 10.5. The van der Waals surface area contributed by atoms with Gasteiger partial charge in [-0.2, -0.15) is 0 Å². The molecule has 16 heavy (non-hydrogen) atoms. The molecule has 3 nitrogen and oxygen atoms in total. The summed E-state index contributed by atoms with van der Waals surface area (Å²) in [6.07, 6.45) is 0. The summed E-state index contributed by atoms with van der Waals surface area (Å²) in [4.78, 5) is 0. The minimum absolute atomic E-state index is 0.469. The maximum Gasteiger partial charge on any atom is 0.168 e. The van der Waals surface area contributed by atoms with Crippen LogP contribution < -0.4 is 9.47 Å². The first-order chi connectivity index (χ1) is 7.41. The summed E-state index contributed by atoms with van der Waals surface area (Å²) in [7, 11) is 1.56. The van der Waals surface area contributed by atoms with Crippen molar-refractivity contribution in [2.75, 3.05) is 13.7 Å². The van der Waals surface area contributed by atoms with E-state index in [0.29, 0.717) is 28.7 Å². The quantitative estimate of drug-likeness (QED) is 0.885. The Balaban J connectivity index is 3.42. The van der Waals surface area contributed by atoms with Crippen LogP contribution in [-0.4, -0.2) is 18.8 Å². The first-order valence-electron chi connectivity index (χ1n) is 5.14. The predicted octanol–water partition coefficient (Wildman–Crippen LogP) is 2.97. The monoisotopic (exact) mass is 244 g/mol. The van der Waals surface area contributed by atoms with Crippen LogP contribution in [0.15, 0.2) is 12.1 Å². The van der Waals surface area contributed by atoms with E-state index in [9.17, 15) is 5.11 Å². The summed E-state index contributed by atoms with van der Waals surface area (Å²) in [5.41, 5.74) is -0.522. The number of rotatable bonds is 4. The van der Waals surface area contributed by atoms with Crippen molar-refractivity contribution in [3.05, 3.63) is 22.7 Å². The molecule has 1 rings (SSSR count). The van der Waals surface area contributed by atoms with Gasteiger partial charge < -0.3 is 14.6 Å². The van der Waals surface area contributed by atoms with Gasteiger partial charge in [0.25, 0.3) is 0 Å². The number of hydrogen-bond acceptors (Lipinski definition) is 3. The highest BCUT2D eigenvalue weighted by atomic mass is 35.5. The van der Waals surface area contributed by atoms with Crippen LogP contribution in [0.25, 0.3) is 0 Å². The van der Waals surface area contributed by atoms with Gasteiger partial charge in [-0.05, 0) is 32.9 Å². The molecule has 1 aromatic rings. The Bertz CT molecular complexity index is 369. The van der Waals surface area contributed by atoms with Crippen molar-refractivity contribution in [1.82, 2.24) is 0 Å². The molecule has 1 N–H and O–H groups in total. The van der Waals surface area contributed by atoms with Crippen LogP contribution in [0.2, 0.25) is 5.02 Å². The van der Waals surface area contributed by atoms with Gasteiger partial charge in [0.05, 0.1) is 24.3 Å². The molecule has 1 aromatic carbocycles. The van der Waals surface area contributed by atoms with E-state index in [1.807, 2.05) is 6.92 Å². The van der Waals surface area contributed by atoms with Crippen LogP contribution >= 0.6 is 11.6 Å². The lowest BCUT2D eigenvalue weighted by atomic mass is 9.97. The number of methoxy groups -OCH3 is 1. The maximum absolute atomic E-state index is 10.1. The second kappa shape index (κ2) is 4.93. The SMILES string of the molecule is CCOc1c(OC)ccc(Cl)c1C(C)(C)O. The zero-order valence-corrected chi connectivity index (χ0v) is 10.8. The lowest BCUT2D eigenvalue weighted by Crippen LogP contribution is -2.18. The fourth-order valence-corrected chi connectivity index (χ4v) is 1.94. The van der Waals surface area contributed by atoms with Crippen LogP contribution in [0.3, 0.4) is 0 Å². The molecule has 0 radical (unpaired) electrons. The molecule has 0 saturated carbocycles. The molecule has 0 amide bonds. The number of aliphatic hydroxyl groups is 1. The van der Waals surface area contributed by atoms with Crippen molar-refractivity contribution < 1.29 is 14.6 Å². The molecule has 0 saturated heterocycles. The third-order valence-electron chi connectivity index (χ3n) is 2.19. The van der Waals surface area contributed by atoms with E-state index in [1.165, 1.54) is 0 Å². The maximum atomic E-state index is 10.1. The van der Waals surface area contributed by atoms with Crippen molar-refractivity contribution >= 4 is 11.6 Å². The Kier molecular flexibility index (Phi) is 4.05. The first kappa shape index (κ1) is 13.1. The molecule has 0 aromatic heterocycles. The van der Waals surface area contributed by atoms with Gasteiger partial charge in [-0.15, -0.1) is 0 Å². The second-order valence-electron chi connectivity index (χ2n) is 3.95. The van der Waals surface area contributed by atoms with Gasteiger partial charge in [0.2, 0.25) is 0 Å². The average Bonchev–Trinajstić information content (AvgIpc) is 2.16. The second-order valence-corrected chi connectivity index (χ2v) is 4.35. The number of halogens is 1. The first-order valence-corrected chi connectivity index (χ1v) is 5.51. The van der Waals surface area contributed by atoms with Gasteiger partial charge in [0, 0.05) is 5.56 Å². The summed E-state index contributed by atoms with van der Waals surface area (Å²) in [5.74, 6) is 1.08. The van der Waals surface area contributed by atoms with Crippen LogP contribution in [0.4, 0.5) is 0 Å². The molecule has 0 atom stereocenters. The van der Waals surface area contributed by atoms with Gasteiger partial charge in [-0.25, -0.2) is 0 Å². The smallest absolute Gasteiger partial charge is 0.168 e. The zero-order valence-electron chi connectivity index (χ0n) is 10.0. The number of benzene rings is 1. The Morgan fingerprint density at radius 2 is 2.00 bits per heavy atom. The molecular weight excluding hydrogens is 228 g/mol. The van der Waals surface area contributed by atoms with Gasteiger partial charge in [-0.3, -0.25) is 0 Å². The van der Waals surface area contributed by atoms with Gasteiger partial charge in [-0.1, -0.05) is 11.6 Å². The molecule has 0 aliphatic carbocycles. The summed E-state index contributed by atoms with van der Waals surface area (Å²) < 4.78 is 10.7. The Morgan fingerprint density at radius 1 is 1.38 bits per heavy atom. The molecule has 0 bridgehead atoms. The minimum atomic E-state index is -1.07. The lowest BCUT2D eigenvalue weighted by molar-refractivity contribution is 0.0745. The van der Waals surface area contributed by atoms with Gasteiger partial charge >= 0.3 is 0 Å². The highest BCUT2D eigenvalue weighted by Crippen LogP contribution is 2.41. The molecule has 0 fully saturated rings. The van der Waals surface area contributed by atoms with Crippen molar-refractivity contribution in [3.8, 4) is 11.5 Å². The van der Waals surface area contributed by atoms with Crippen LogP contribution in [0.5, 0.6) is 11.5 Å². The van der Waals surface area contributed by atoms with E-state index in [4.69, 9.17) is 21.1 Å². The third-order valence-corrected chi connectivity index (χ3v) is 2.51. The number of ether oxygens (including phenoxy) is 2. The summed E-state index contributed by atoms with van der Waals surface area (Å²) in [6, 6.07) is 3.42. The van der Waals surface area contributed by atoms with Crippen LogP contribution in [0, 0.1) is 0 Å². The largest absolute Gasteiger partial charge is 0.493 e. The fraction of sp³-hybridized carbons (Fsp3) is 0.500. The Labute approximate surface area is 101 Å². The standard InChI is InChI=1S/C12H17ClO3/c1-5-16-11-9(15-4)7-6-8(13)10(11)12(2,3)14/h6-7,14H,5H2,1-4H3.